The Morgan fingerprint density at radius 2 is 1.92 bits per heavy atom. The lowest BCUT2D eigenvalue weighted by molar-refractivity contribution is -0.116. The first-order valence-corrected chi connectivity index (χ1v) is 8.27. The van der Waals surface area contributed by atoms with Crippen molar-refractivity contribution in [3.8, 4) is 11.5 Å². The second-order valence-electron chi connectivity index (χ2n) is 5.54. The molecule has 0 atom stereocenters. The summed E-state index contributed by atoms with van der Waals surface area (Å²) in [6.45, 7) is 0.323. The molecule has 1 amide bonds. The van der Waals surface area contributed by atoms with E-state index in [1.807, 2.05) is 28.8 Å². The number of ether oxygens (including phenoxy) is 2. The minimum absolute atomic E-state index is 0.220. The highest BCUT2D eigenvalue weighted by Gasteiger charge is 2.04. The molecule has 0 fully saturated rings. The van der Waals surface area contributed by atoms with Crippen molar-refractivity contribution in [3.05, 3.63) is 65.1 Å². The maximum Gasteiger partial charge on any atom is 0.244 e. The third kappa shape index (κ3) is 4.34. The van der Waals surface area contributed by atoms with Crippen molar-refractivity contribution < 1.29 is 14.3 Å². The SMILES string of the molecule is COc1cc(/C=C/C(=O)NCc2cn3cc(Cl)ccc3n2)cc(OC)c1. The van der Waals surface area contributed by atoms with Crippen LogP contribution in [0.4, 0.5) is 0 Å². The van der Waals surface area contributed by atoms with Crippen LogP contribution in [-0.4, -0.2) is 29.5 Å². The van der Waals surface area contributed by atoms with Crippen LogP contribution < -0.4 is 14.8 Å². The number of carbonyl (C=O) groups is 1. The molecule has 1 aromatic carbocycles. The molecule has 26 heavy (non-hydrogen) atoms. The van der Waals surface area contributed by atoms with Gasteiger partial charge in [0, 0.05) is 24.5 Å². The van der Waals surface area contributed by atoms with E-state index >= 15 is 0 Å². The number of aromatic nitrogens is 2. The lowest BCUT2D eigenvalue weighted by Gasteiger charge is -2.05. The quantitative estimate of drug-likeness (QED) is 0.675. The molecule has 3 aromatic rings. The molecule has 134 valence electrons. The van der Waals surface area contributed by atoms with E-state index in [0.717, 1.165) is 16.9 Å². The van der Waals surface area contributed by atoms with Gasteiger partial charge in [0.05, 0.1) is 31.5 Å². The van der Waals surface area contributed by atoms with Gasteiger partial charge in [-0.3, -0.25) is 4.79 Å². The summed E-state index contributed by atoms with van der Waals surface area (Å²) >= 11 is 5.95. The van der Waals surface area contributed by atoms with E-state index in [1.54, 1.807) is 38.6 Å². The Morgan fingerprint density at radius 1 is 1.19 bits per heavy atom. The molecular formula is C19H18ClN3O3. The molecule has 0 aliphatic carbocycles. The lowest BCUT2D eigenvalue weighted by Crippen LogP contribution is -2.20. The Labute approximate surface area is 156 Å². The zero-order chi connectivity index (χ0) is 18.5. The van der Waals surface area contributed by atoms with Crippen LogP contribution in [-0.2, 0) is 11.3 Å². The Balaban J connectivity index is 1.63. The van der Waals surface area contributed by atoms with Gasteiger partial charge < -0.3 is 19.2 Å². The summed E-state index contributed by atoms with van der Waals surface area (Å²) in [4.78, 5) is 16.5. The lowest BCUT2D eigenvalue weighted by atomic mass is 10.2. The monoisotopic (exact) mass is 371 g/mol. The first-order chi connectivity index (χ1) is 12.6. The standard InChI is InChI=1S/C19H18ClN3O3/c1-25-16-7-13(8-17(9-16)26-2)3-6-19(24)21-10-15-12-23-11-14(20)4-5-18(23)22-15/h3-9,11-12H,10H2,1-2H3,(H,21,24)/b6-3+. The minimum Gasteiger partial charge on any atom is -0.497 e. The number of imidazole rings is 1. The highest BCUT2D eigenvalue weighted by atomic mass is 35.5. The van der Waals surface area contributed by atoms with Gasteiger partial charge in [0.1, 0.15) is 17.1 Å². The average molecular weight is 372 g/mol. The Bertz CT molecular complexity index is 944. The molecule has 0 aliphatic rings. The van der Waals surface area contributed by atoms with Crippen molar-refractivity contribution in [3.63, 3.8) is 0 Å². The van der Waals surface area contributed by atoms with E-state index in [9.17, 15) is 4.79 Å². The van der Waals surface area contributed by atoms with E-state index in [1.165, 1.54) is 6.08 Å². The van der Waals surface area contributed by atoms with E-state index in [2.05, 4.69) is 10.3 Å². The predicted molar refractivity (Wildman–Crippen MR) is 101 cm³/mol. The number of nitrogens with one attached hydrogen (secondary N) is 1. The van der Waals surface area contributed by atoms with E-state index in [4.69, 9.17) is 21.1 Å². The van der Waals surface area contributed by atoms with Gasteiger partial charge >= 0.3 is 0 Å². The smallest absolute Gasteiger partial charge is 0.244 e. The van der Waals surface area contributed by atoms with Gasteiger partial charge in [-0.25, -0.2) is 4.98 Å². The molecule has 2 heterocycles. The van der Waals surface area contributed by atoms with E-state index < -0.39 is 0 Å². The number of amides is 1. The van der Waals surface area contributed by atoms with Crippen molar-refractivity contribution in [2.75, 3.05) is 14.2 Å². The second-order valence-corrected chi connectivity index (χ2v) is 5.98. The zero-order valence-electron chi connectivity index (χ0n) is 14.4. The van der Waals surface area contributed by atoms with Crippen LogP contribution in [0.1, 0.15) is 11.3 Å². The van der Waals surface area contributed by atoms with Gasteiger partial charge in [-0.15, -0.1) is 0 Å². The Kier molecular flexibility index (Phi) is 5.43. The van der Waals surface area contributed by atoms with Gasteiger partial charge in [-0.2, -0.15) is 0 Å². The molecule has 6 nitrogen and oxygen atoms in total. The number of hydrogen-bond donors (Lipinski definition) is 1. The first-order valence-electron chi connectivity index (χ1n) is 7.89. The number of benzene rings is 1. The number of methoxy groups -OCH3 is 2. The van der Waals surface area contributed by atoms with E-state index in [-0.39, 0.29) is 5.91 Å². The molecule has 0 spiro atoms. The van der Waals surface area contributed by atoms with Crippen LogP contribution in [0.2, 0.25) is 5.02 Å². The van der Waals surface area contributed by atoms with Crippen molar-refractivity contribution in [1.29, 1.82) is 0 Å². The fourth-order valence-electron chi connectivity index (χ4n) is 2.44. The minimum atomic E-state index is -0.220. The summed E-state index contributed by atoms with van der Waals surface area (Å²) in [6, 6.07) is 9.00. The van der Waals surface area contributed by atoms with Crippen LogP contribution in [0.5, 0.6) is 11.5 Å². The molecule has 3 rings (SSSR count). The van der Waals surface area contributed by atoms with Crippen molar-refractivity contribution >= 4 is 29.2 Å². The third-order valence-electron chi connectivity index (χ3n) is 3.71. The molecule has 0 saturated heterocycles. The Morgan fingerprint density at radius 3 is 2.62 bits per heavy atom. The van der Waals surface area contributed by atoms with Gasteiger partial charge in [-0.1, -0.05) is 11.6 Å². The fraction of sp³-hybridized carbons (Fsp3) is 0.158. The molecular weight excluding hydrogens is 354 g/mol. The summed E-state index contributed by atoms with van der Waals surface area (Å²) in [7, 11) is 3.16. The number of pyridine rings is 1. The molecule has 0 bridgehead atoms. The van der Waals surface area contributed by atoms with Crippen LogP contribution in [0.15, 0.2) is 48.8 Å². The largest absolute Gasteiger partial charge is 0.497 e. The molecule has 0 saturated carbocycles. The molecule has 1 N–H and O–H groups in total. The number of carbonyl (C=O) groups excluding carboxylic acids is 1. The summed E-state index contributed by atoms with van der Waals surface area (Å²) < 4.78 is 12.2. The maximum absolute atomic E-state index is 12.1. The number of rotatable bonds is 6. The highest BCUT2D eigenvalue weighted by molar-refractivity contribution is 6.30. The zero-order valence-corrected chi connectivity index (χ0v) is 15.2. The molecule has 0 unspecified atom stereocenters. The first kappa shape index (κ1) is 17.8. The maximum atomic E-state index is 12.1. The van der Waals surface area contributed by atoms with Crippen LogP contribution >= 0.6 is 11.6 Å². The van der Waals surface area contributed by atoms with Gasteiger partial charge in [0.15, 0.2) is 0 Å². The van der Waals surface area contributed by atoms with Crippen molar-refractivity contribution in [2.45, 2.75) is 6.54 Å². The third-order valence-corrected chi connectivity index (χ3v) is 3.93. The molecule has 0 aliphatic heterocycles. The van der Waals surface area contributed by atoms with Crippen molar-refractivity contribution in [2.24, 2.45) is 0 Å². The summed E-state index contributed by atoms with van der Waals surface area (Å²) in [5, 5.41) is 3.43. The van der Waals surface area contributed by atoms with E-state index in [0.29, 0.717) is 23.1 Å². The average Bonchev–Trinajstić information content (AvgIpc) is 3.06. The topological polar surface area (TPSA) is 64.9 Å². The fourth-order valence-corrected chi connectivity index (χ4v) is 2.60. The predicted octanol–water partition coefficient (Wildman–Crippen LogP) is 3.33. The second kappa shape index (κ2) is 7.93. The molecule has 2 aromatic heterocycles. The number of fused-ring (bicyclic) bond motifs is 1. The molecule has 0 radical (unpaired) electrons. The number of nitrogens with zero attached hydrogens (tertiary/aromatic N) is 2. The van der Waals surface area contributed by atoms with Crippen LogP contribution in [0, 0.1) is 0 Å². The van der Waals surface area contributed by atoms with Gasteiger partial charge in [0.2, 0.25) is 5.91 Å². The van der Waals surface area contributed by atoms with Crippen LogP contribution in [0.25, 0.3) is 11.7 Å². The Hall–Kier alpha value is -2.99. The van der Waals surface area contributed by atoms with Gasteiger partial charge in [0.25, 0.3) is 0 Å². The van der Waals surface area contributed by atoms with Crippen LogP contribution in [0.3, 0.4) is 0 Å². The number of hydrogen-bond acceptors (Lipinski definition) is 4. The summed E-state index contributed by atoms with van der Waals surface area (Å²) in [5.74, 6) is 1.10. The summed E-state index contributed by atoms with van der Waals surface area (Å²) in [6.07, 6.45) is 6.76. The summed E-state index contributed by atoms with van der Waals surface area (Å²) in [5.41, 5.74) is 2.33. The normalized spacial score (nSPS) is 11.0. The number of halogens is 1. The highest BCUT2D eigenvalue weighted by Crippen LogP contribution is 2.23. The molecule has 7 heteroatoms. The van der Waals surface area contributed by atoms with Crippen molar-refractivity contribution in [1.82, 2.24) is 14.7 Å². The van der Waals surface area contributed by atoms with Gasteiger partial charge in [-0.05, 0) is 35.9 Å².